The van der Waals surface area contributed by atoms with Crippen LogP contribution < -0.4 is 10.6 Å². The van der Waals surface area contributed by atoms with Gasteiger partial charge in [0.25, 0.3) is 0 Å². The summed E-state index contributed by atoms with van der Waals surface area (Å²) in [7, 11) is -8.88. The van der Waals surface area contributed by atoms with Crippen LogP contribution in [0.3, 0.4) is 0 Å². The normalized spacial score (nSPS) is 12.0. The van der Waals surface area contributed by atoms with Crippen molar-refractivity contribution in [3.05, 3.63) is 59.7 Å². The van der Waals surface area contributed by atoms with Gasteiger partial charge in [-0.25, -0.2) is 0 Å². The van der Waals surface area contributed by atoms with E-state index in [0.717, 1.165) is 48.5 Å². The summed E-state index contributed by atoms with van der Waals surface area (Å²) in [6.07, 6.45) is 0. The predicted molar refractivity (Wildman–Crippen MR) is 84.9 cm³/mol. The van der Waals surface area contributed by atoms with Crippen molar-refractivity contribution in [2.45, 2.75) is 0 Å². The van der Waals surface area contributed by atoms with Crippen molar-refractivity contribution in [1.29, 1.82) is 0 Å². The predicted octanol–water partition coefficient (Wildman–Crippen LogP) is 0.358. The Kier molecular flexibility index (Phi) is 5.01. The van der Waals surface area contributed by atoms with E-state index in [1.807, 2.05) is 0 Å². The van der Waals surface area contributed by atoms with Gasteiger partial charge in [-0.15, -0.1) is 0 Å². The number of carbonyl (C=O) groups excluding carboxylic acids is 2. The summed E-state index contributed by atoms with van der Waals surface area (Å²) in [5.74, 6) is -1.81. The smallest absolute Gasteiger partial charge is 0.321 e. The lowest BCUT2D eigenvalue weighted by Gasteiger charge is -2.06. The minimum absolute atomic E-state index is 0.0590. The molecule has 0 spiro atoms. The Hall–Kier alpha value is -1.92. The average Bonchev–Trinajstić information content (AvgIpc) is 2.52. The molecule has 2 aromatic carbocycles. The molecule has 0 aromatic heterocycles. The Labute approximate surface area is 136 Å². The molecule has 0 aliphatic rings. The molecule has 0 aliphatic heterocycles. The van der Waals surface area contributed by atoms with E-state index in [2.05, 4.69) is 0 Å². The second-order valence-corrected chi connectivity index (χ2v) is 8.05. The molecule has 24 heavy (non-hydrogen) atoms. The van der Waals surface area contributed by atoms with E-state index >= 15 is 0 Å². The molecule has 2 aromatic rings. The van der Waals surface area contributed by atoms with Gasteiger partial charge in [-0.3, -0.25) is 18.7 Å². The molecule has 0 unspecified atom stereocenters. The average molecular weight is 370 g/mol. The number of hydrogen-bond donors (Lipinski definition) is 4. The first-order valence-electron chi connectivity index (χ1n) is 6.41. The molecule has 2 rings (SSSR count). The van der Waals surface area contributed by atoms with E-state index in [0.29, 0.717) is 0 Å². The molecule has 0 atom stereocenters. The Balaban J connectivity index is 2.25. The number of ketones is 2. The van der Waals surface area contributed by atoms with Crippen LogP contribution >= 0.6 is 15.2 Å². The third kappa shape index (κ3) is 4.13. The molecular formula is C14H12O8P2. The monoisotopic (exact) mass is 370 g/mol. The third-order valence-corrected chi connectivity index (χ3v) is 5.08. The summed E-state index contributed by atoms with van der Waals surface area (Å²) in [5, 5.41) is -0.560. The molecule has 0 aliphatic carbocycles. The molecule has 8 nitrogen and oxygen atoms in total. The van der Waals surface area contributed by atoms with Crippen molar-refractivity contribution in [2.75, 3.05) is 0 Å². The zero-order valence-electron chi connectivity index (χ0n) is 11.9. The Morgan fingerprint density at radius 3 is 1.04 bits per heavy atom. The Morgan fingerprint density at radius 1 is 0.583 bits per heavy atom. The highest BCUT2D eigenvalue weighted by molar-refractivity contribution is 7.60. The van der Waals surface area contributed by atoms with Crippen molar-refractivity contribution in [1.82, 2.24) is 0 Å². The van der Waals surface area contributed by atoms with Crippen LogP contribution in [-0.2, 0) is 9.13 Å². The van der Waals surface area contributed by atoms with Gasteiger partial charge in [0.05, 0.1) is 10.6 Å². The quantitative estimate of drug-likeness (QED) is 0.335. The number of hydrogen-bond acceptors (Lipinski definition) is 4. The number of rotatable bonds is 5. The van der Waals surface area contributed by atoms with Gasteiger partial charge in [0, 0.05) is 11.1 Å². The van der Waals surface area contributed by atoms with Crippen molar-refractivity contribution in [3.63, 3.8) is 0 Å². The second-order valence-electron chi connectivity index (χ2n) is 4.84. The summed E-state index contributed by atoms with van der Waals surface area (Å²) in [6.45, 7) is 0. The van der Waals surface area contributed by atoms with Gasteiger partial charge in [0.1, 0.15) is 0 Å². The maximum atomic E-state index is 12.1. The summed E-state index contributed by atoms with van der Waals surface area (Å²) in [5.41, 5.74) is -0.118. The van der Waals surface area contributed by atoms with Crippen LogP contribution in [0.1, 0.15) is 20.7 Å². The van der Waals surface area contributed by atoms with Crippen LogP contribution in [0.2, 0.25) is 0 Å². The van der Waals surface area contributed by atoms with Crippen LogP contribution in [0.15, 0.2) is 48.5 Å². The lowest BCUT2D eigenvalue weighted by atomic mass is 10.0. The Morgan fingerprint density at radius 2 is 0.833 bits per heavy atom. The standard InChI is InChI=1S/C14H12O8P2/c15-13(9-1-5-11(6-2-9)23(17,18)19)14(16)10-3-7-12(8-4-10)24(20,21)22/h1-8H,(H2,17,18,19)(H2,20,21,22). The summed E-state index contributed by atoms with van der Waals surface area (Å²) < 4.78 is 22.1. The van der Waals surface area contributed by atoms with Crippen LogP contribution in [0.4, 0.5) is 0 Å². The molecule has 0 heterocycles. The number of carbonyl (C=O) groups is 2. The summed E-state index contributed by atoms with van der Waals surface area (Å²) in [6, 6.07) is 8.71. The molecule has 0 saturated heterocycles. The van der Waals surface area contributed by atoms with Crippen LogP contribution in [0.5, 0.6) is 0 Å². The molecule has 10 heteroatoms. The van der Waals surface area contributed by atoms with Crippen molar-refractivity contribution in [2.24, 2.45) is 0 Å². The SMILES string of the molecule is O=C(C(=O)c1ccc(P(=O)(O)O)cc1)c1ccc(P(=O)(O)O)cc1. The minimum Gasteiger partial charge on any atom is -0.321 e. The summed E-state index contributed by atoms with van der Waals surface area (Å²) in [4.78, 5) is 60.2. The van der Waals surface area contributed by atoms with E-state index in [-0.39, 0.29) is 21.7 Å². The van der Waals surface area contributed by atoms with E-state index in [1.54, 1.807) is 0 Å². The fraction of sp³-hybridized carbons (Fsp3) is 0. The zero-order chi connectivity index (χ0) is 18.1. The maximum absolute atomic E-state index is 12.1. The minimum atomic E-state index is -4.44. The van der Waals surface area contributed by atoms with E-state index < -0.39 is 26.8 Å². The first kappa shape index (κ1) is 18.4. The molecular weight excluding hydrogens is 358 g/mol. The molecule has 0 fully saturated rings. The van der Waals surface area contributed by atoms with Gasteiger partial charge < -0.3 is 19.6 Å². The van der Waals surface area contributed by atoms with Crippen molar-refractivity contribution in [3.8, 4) is 0 Å². The molecule has 126 valence electrons. The molecule has 0 bridgehead atoms. The van der Waals surface area contributed by atoms with Crippen molar-refractivity contribution < 1.29 is 38.3 Å². The highest BCUT2D eigenvalue weighted by Gasteiger charge is 2.22. The highest BCUT2D eigenvalue weighted by Crippen LogP contribution is 2.33. The highest BCUT2D eigenvalue weighted by atomic mass is 31.2. The molecule has 4 N–H and O–H groups in total. The van der Waals surface area contributed by atoms with E-state index in [1.165, 1.54) is 0 Å². The first-order chi connectivity index (χ1) is 11.0. The van der Waals surface area contributed by atoms with Crippen molar-refractivity contribution >= 4 is 37.4 Å². The molecule has 0 radical (unpaired) electrons. The van der Waals surface area contributed by atoms with Gasteiger partial charge >= 0.3 is 15.2 Å². The van der Waals surface area contributed by atoms with Gasteiger partial charge in [0.2, 0.25) is 11.6 Å². The second kappa shape index (κ2) is 6.53. The summed E-state index contributed by atoms with van der Waals surface area (Å²) >= 11 is 0. The molecule has 0 saturated carbocycles. The van der Waals surface area contributed by atoms with Crippen LogP contribution in [0, 0.1) is 0 Å². The van der Waals surface area contributed by atoms with Gasteiger partial charge in [-0.1, -0.05) is 0 Å². The van der Waals surface area contributed by atoms with Crippen LogP contribution in [0.25, 0.3) is 0 Å². The fourth-order valence-electron chi connectivity index (χ4n) is 1.88. The van der Waals surface area contributed by atoms with E-state index in [9.17, 15) is 18.7 Å². The third-order valence-electron chi connectivity index (χ3n) is 3.14. The van der Waals surface area contributed by atoms with Gasteiger partial charge in [0.15, 0.2) is 0 Å². The van der Waals surface area contributed by atoms with Gasteiger partial charge in [-0.05, 0) is 48.5 Å². The topological polar surface area (TPSA) is 149 Å². The maximum Gasteiger partial charge on any atom is 0.356 e. The van der Waals surface area contributed by atoms with Gasteiger partial charge in [-0.2, -0.15) is 0 Å². The Bertz CT molecular complexity index is 798. The first-order valence-corrected chi connectivity index (χ1v) is 9.64. The zero-order valence-corrected chi connectivity index (χ0v) is 13.7. The number of benzene rings is 2. The lowest BCUT2D eigenvalue weighted by Crippen LogP contribution is -2.16. The molecule has 0 amide bonds. The largest absolute Gasteiger partial charge is 0.356 e. The fourth-order valence-corrected chi connectivity index (χ4v) is 2.95. The lowest BCUT2D eigenvalue weighted by molar-refractivity contribution is 0.0817. The number of Topliss-reactive ketones (excluding diaryl/α,β-unsaturated/α-hetero) is 2. The van der Waals surface area contributed by atoms with Crippen LogP contribution in [-0.4, -0.2) is 31.1 Å². The van der Waals surface area contributed by atoms with E-state index in [4.69, 9.17) is 19.6 Å².